The van der Waals surface area contributed by atoms with E-state index in [0.29, 0.717) is 17.5 Å². The van der Waals surface area contributed by atoms with Crippen LogP contribution in [0.5, 0.6) is 5.88 Å². The molecule has 1 N–H and O–H groups in total. The second kappa shape index (κ2) is 5.00. The minimum Gasteiger partial charge on any atom is -0.480 e. The lowest BCUT2D eigenvalue weighted by Gasteiger charge is -2.26. The van der Waals surface area contributed by atoms with E-state index < -0.39 is 5.60 Å². The van der Waals surface area contributed by atoms with Crippen LogP contribution in [-0.4, -0.2) is 22.2 Å². The zero-order valence-electron chi connectivity index (χ0n) is 10.5. The van der Waals surface area contributed by atoms with E-state index >= 15 is 0 Å². The summed E-state index contributed by atoms with van der Waals surface area (Å²) >= 11 is 0. The molecule has 1 aromatic heterocycles. The molecule has 0 amide bonds. The number of hydrogen-bond donors (Lipinski definition) is 1. The van der Waals surface area contributed by atoms with E-state index in [9.17, 15) is 5.11 Å². The highest BCUT2D eigenvalue weighted by atomic mass is 16.5. The first-order valence-corrected chi connectivity index (χ1v) is 6.23. The summed E-state index contributed by atoms with van der Waals surface area (Å²) in [5.41, 5.74) is -0.277. The maximum Gasteiger partial charge on any atom is 0.238 e. The van der Waals surface area contributed by atoms with Gasteiger partial charge in [-0.15, -0.1) is 0 Å². The monoisotopic (exact) mass is 236 g/mol. The van der Waals surface area contributed by atoms with Crippen LogP contribution in [0.15, 0.2) is 12.4 Å². The number of rotatable bonds is 2. The van der Waals surface area contributed by atoms with Crippen molar-refractivity contribution in [1.82, 2.24) is 9.97 Å². The minimum atomic E-state index is -0.871. The van der Waals surface area contributed by atoms with Crippen LogP contribution in [0.25, 0.3) is 0 Å². The average molecular weight is 236 g/mol. The SMILES string of the molecule is COc1nccnc1C1(O)CCCC(C)CC1. The van der Waals surface area contributed by atoms with Crippen molar-refractivity contribution in [2.24, 2.45) is 5.92 Å². The number of ether oxygens (including phenoxy) is 1. The van der Waals surface area contributed by atoms with E-state index in [4.69, 9.17) is 4.74 Å². The van der Waals surface area contributed by atoms with Gasteiger partial charge < -0.3 is 9.84 Å². The Labute approximate surface area is 102 Å². The van der Waals surface area contributed by atoms with Crippen molar-refractivity contribution in [3.8, 4) is 5.88 Å². The quantitative estimate of drug-likeness (QED) is 0.800. The van der Waals surface area contributed by atoms with Crippen molar-refractivity contribution < 1.29 is 9.84 Å². The van der Waals surface area contributed by atoms with Gasteiger partial charge in [-0.3, -0.25) is 4.98 Å². The highest BCUT2D eigenvalue weighted by Crippen LogP contribution is 2.39. The summed E-state index contributed by atoms with van der Waals surface area (Å²) in [7, 11) is 1.57. The van der Waals surface area contributed by atoms with Gasteiger partial charge in [0, 0.05) is 12.4 Å². The molecule has 2 unspecified atom stereocenters. The lowest BCUT2D eigenvalue weighted by Crippen LogP contribution is -2.27. The fraction of sp³-hybridized carbons (Fsp3) is 0.692. The van der Waals surface area contributed by atoms with E-state index in [-0.39, 0.29) is 0 Å². The van der Waals surface area contributed by atoms with Gasteiger partial charge in [-0.1, -0.05) is 13.3 Å². The van der Waals surface area contributed by atoms with Crippen molar-refractivity contribution in [1.29, 1.82) is 0 Å². The molecule has 0 aromatic carbocycles. The molecule has 4 heteroatoms. The van der Waals surface area contributed by atoms with Crippen LogP contribution in [0.3, 0.4) is 0 Å². The van der Waals surface area contributed by atoms with Crippen LogP contribution in [0.1, 0.15) is 44.7 Å². The number of methoxy groups -OCH3 is 1. The molecule has 0 aliphatic heterocycles. The molecule has 2 atom stereocenters. The van der Waals surface area contributed by atoms with E-state index in [0.717, 1.165) is 25.7 Å². The zero-order chi connectivity index (χ0) is 12.3. The summed E-state index contributed by atoms with van der Waals surface area (Å²) in [5.74, 6) is 1.12. The lowest BCUT2D eigenvalue weighted by molar-refractivity contribution is 0.0125. The largest absolute Gasteiger partial charge is 0.480 e. The maximum absolute atomic E-state index is 10.8. The van der Waals surface area contributed by atoms with E-state index in [2.05, 4.69) is 16.9 Å². The summed E-state index contributed by atoms with van der Waals surface area (Å²) in [5, 5.41) is 10.8. The van der Waals surface area contributed by atoms with Crippen molar-refractivity contribution in [2.45, 2.75) is 44.6 Å². The number of nitrogens with zero attached hydrogens (tertiary/aromatic N) is 2. The van der Waals surface area contributed by atoms with Crippen LogP contribution in [-0.2, 0) is 5.60 Å². The summed E-state index contributed by atoms with van der Waals surface area (Å²) < 4.78 is 5.20. The summed E-state index contributed by atoms with van der Waals surface area (Å²) in [6.45, 7) is 2.24. The van der Waals surface area contributed by atoms with Gasteiger partial charge in [0.05, 0.1) is 7.11 Å². The van der Waals surface area contributed by atoms with Gasteiger partial charge in [-0.2, -0.15) is 0 Å². The molecular weight excluding hydrogens is 216 g/mol. The summed E-state index contributed by atoms with van der Waals surface area (Å²) in [6.07, 6.45) is 7.91. The minimum absolute atomic E-state index is 0.449. The third-order valence-electron chi connectivity index (χ3n) is 3.64. The molecule has 0 saturated heterocycles. The Morgan fingerprint density at radius 3 is 2.82 bits per heavy atom. The van der Waals surface area contributed by atoms with Crippen LogP contribution in [0.4, 0.5) is 0 Å². The zero-order valence-corrected chi connectivity index (χ0v) is 10.5. The van der Waals surface area contributed by atoms with Gasteiger partial charge >= 0.3 is 0 Å². The molecule has 94 valence electrons. The molecule has 1 saturated carbocycles. The smallest absolute Gasteiger partial charge is 0.238 e. The Balaban J connectivity index is 2.29. The number of hydrogen-bond acceptors (Lipinski definition) is 4. The molecule has 4 nitrogen and oxygen atoms in total. The van der Waals surface area contributed by atoms with Crippen molar-refractivity contribution in [2.75, 3.05) is 7.11 Å². The molecule has 2 rings (SSSR count). The average Bonchev–Trinajstić information content (AvgIpc) is 2.52. The first-order chi connectivity index (χ1) is 8.15. The second-order valence-electron chi connectivity index (χ2n) is 4.98. The molecule has 1 heterocycles. The third kappa shape index (κ3) is 2.57. The first-order valence-electron chi connectivity index (χ1n) is 6.23. The predicted octanol–water partition coefficient (Wildman–Crippen LogP) is 2.27. The maximum atomic E-state index is 10.8. The van der Waals surface area contributed by atoms with E-state index in [1.807, 2.05) is 0 Å². The van der Waals surface area contributed by atoms with E-state index in [1.54, 1.807) is 19.5 Å². The van der Waals surface area contributed by atoms with Crippen LogP contribution in [0.2, 0.25) is 0 Å². The molecule has 1 aliphatic rings. The van der Waals surface area contributed by atoms with Crippen LogP contribution >= 0.6 is 0 Å². The molecular formula is C13H20N2O2. The number of aromatic nitrogens is 2. The Morgan fingerprint density at radius 1 is 1.29 bits per heavy atom. The molecule has 0 radical (unpaired) electrons. The third-order valence-corrected chi connectivity index (χ3v) is 3.64. The van der Waals surface area contributed by atoms with Gasteiger partial charge in [0.25, 0.3) is 0 Å². The van der Waals surface area contributed by atoms with Crippen molar-refractivity contribution in [3.05, 3.63) is 18.1 Å². The Morgan fingerprint density at radius 2 is 2.06 bits per heavy atom. The van der Waals surface area contributed by atoms with Gasteiger partial charge in [0.15, 0.2) is 0 Å². The molecule has 1 aliphatic carbocycles. The second-order valence-corrected chi connectivity index (χ2v) is 4.98. The van der Waals surface area contributed by atoms with Gasteiger partial charge in [0.2, 0.25) is 5.88 Å². The topological polar surface area (TPSA) is 55.2 Å². The highest BCUT2D eigenvalue weighted by Gasteiger charge is 2.36. The van der Waals surface area contributed by atoms with Crippen LogP contribution < -0.4 is 4.74 Å². The lowest BCUT2D eigenvalue weighted by atomic mass is 9.90. The molecule has 17 heavy (non-hydrogen) atoms. The first kappa shape index (κ1) is 12.3. The molecule has 1 fully saturated rings. The van der Waals surface area contributed by atoms with E-state index in [1.165, 1.54) is 6.42 Å². The summed E-state index contributed by atoms with van der Waals surface area (Å²) in [6, 6.07) is 0. The molecule has 1 aromatic rings. The number of aliphatic hydroxyl groups is 1. The van der Waals surface area contributed by atoms with Gasteiger partial charge in [-0.05, 0) is 31.6 Å². The highest BCUT2D eigenvalue weighted by molar-refractivity contribution is 5.24. The Bertz CT molecular complexity index is 383. The van der Waals surface area contributed by atoms with Gasteiger partial charge in [-0.25, -0.2) is 4.98 Å². The fourth-order valence-electron chi connectivity index (χ4n) is 2.53. The van der Waals surface area contributed by atoms with Gasteiger partial charge in [0.1, 0.15) is 11.3 Å². The van der Waals surface area contributed by atoms with Crippen LogP contribution in [0, 0.1) is 5.92 Å². The molecule has 0 spiro atoms. The normalized spacial score (nSPS) is 29.7. The standard InChI is InChI=1S/C13H20N2O2/c1-10-4-3-6-13(16,7-5-10)11-12(17-2)15-9-8-14-11/h8-10,16H,3-7H2,1-2H3. The van der Waals surface area contributed by atoms with Crippen molar-refractivity contribution >= 4 is 0 Å². The Kier molecular flexibility index (Phi) is 3.62. The van der Waals surface area contributed by atoms with Crippen molar-refractivity contribution in [3.63, 3.8) is 0 Å². The molecule has 0 bridgehead atoms. The summed E-state index contributed by atoms with van der Waals surface area (Å²) in [4.78, 5) is 8.40. The fourth-order valence-corrected chi connectivity index (χ4v) is 2.53. The predicted molar refractivity (Wildman–Crippen MR) is 64.7 cm³/mol. The Hall–Kier alpha value is -1.16.